The van der Waals surface area contributed by atoms with Gasteiger partial charge in [0.1, 0.15) is 5.69 Å². The molecule has 0 saturated heterocycles. The van der Waals surface area contributed by atoms with E-state index < -0.39 is 5.97 Å². The molecule has 0 spiro atoms. The van der Waals surface area contributed by atoms with Gasteiger partial charge in [-0.15, -0.1) is 0 Å². The van der Waals surface area contributed by atoms with E-state index in [2.05, 4.69) is 10.2 Å². The number of carbonyl (C=O) groups is 2. The predicted molar refractivity (Wildman–Crippen MR) is 69.1 cm³/mol. The number of hydrogen-bond donors (Lipinski definition) is 1. The smallest absolute Gasteiger partial charge is 0.339 e. The molecule has 1 aromatic heterocycles. The fraction of sp³-hybridized carbons (Fsp3) is 0.154. The third-order valence-corrected chi connectivity index (χ3v) is 2.71. The average molecular weight is 259 g/mol. The molecule has 2 aromatic rings. The molecular formula is C13H13N3O3. The van der Waals surface area contributed by atoms with Crippen LogP contribution in [0.2, 0.25) is 0 Å². The molecule has 0 aliphatic rings. The first kappa shape index (κ1) is 12.8. The monoisotopic (exact) mass is 259 g/mol. The van der Waals surface area contributed by atoms with E-state index in [-0.39, 0.29) is 5.91 Å². The van der Waals surface area contributed by atoms with E-state index >= 15 is 0 Å². The number of rotatable bonds is 3. The van der Waals surface area contributed by atoms with Gasteiger partial charge in [0.15, 0.2) is 0 Å². The fourth-order valence-electron chi connectivity index (χ4n) is 1.71. The number of esters is 1. The van der Waals surface area contributed by atoms with Crippen LogP contribution in [-0.4, -0.2) is 36.2 Å². The van der Waals surface area contributed by atoms with Gasteiger partial charge in [-0.25, -0.2) is 4.79 Å². The molecule has 19 heavy (non-hydrogen) atoms. The summed E-state index contributed by atoms with van der Waals surface area (Å²) in [7, 11) is 2.89. The van der Waals surface area contributed by atoms with Crippen LogP contribution in [0.1, 0.15) is 20.8 Å². The van der Waals surface area contributed by atoms with Crippen LogP contribution >= 0.6 is 0 Å². The first-order valence-corrected chi connectivity index (χ1v) is 5.60. The molecule has 6 nitrogen and oxygen atoms in total. The molecule has 1 aromatic carbocycles. The Kier molecular flexibility index (Phi) is 3.61. The van der Waals surface area contributed by atoms with Crippen molar-refractivity contribution in [2.24, 2.45) is 0 Å². The Morgan fingerprint density at radius 2 is 2.00 bits per heavy atom. The quantitative estimate of drug-likeness (QED) is 0.847. The van der Waals surface area contributed by atoms with Crippen LogP contribution in [-0.2, 0) is 4.74 Å². The van der Waals surface area contributed by atoms with Crippen LogP contribution in [0.15, 0.2) is 36.5 Å². The lowest BCUT2D eigenvalue weighted by Gasteiger charge is -2.18. The molecule has 2 rings (SSSR count). The second-order valence-electron chi connectivity index (χ2n) is 3.84. The maximum Gasteiger partial charge on any atom is 0.339 e. The zero-order valence-electron chi connectivity index (χ0n) is 10.6. The number of aromatic amines is 1. The first-order valence-electron chi connectivity index (χ1n) is 5.60. The summed E-state index contributed by atoms with van der Waals surface area (Å²) in [5.41, 5.74) is 1.16. The van der Waals surface area contributed by atoms with Gasteiger partial charge in [0.05, 0.1) is 18.4 Å². The number of aromatic nitrogens is 2. The maximum absolute atomic E-state index is 12.2. The topological polar surface area (TPSA) is 75.3 Å². The van der Waals surface area contributed by atoms with Gasteiger partial charge in [-0.2, -0.15) is 5.10 Å². The largest absolute Gasteiger partial charge is 0.465 e. The van der Waals surface area contributed by atoms with Gasteiger partial charge >= 0.3 is 5.97 Å². The number of carbonyl (C=O) groups excluding carboxylic acids is 2. The summed E-state index contributed by atoms with van der Waals surface area (Å²) in [5, 5.41) is 6.32. The van der Waals surface area contributed by atoms with Crippen LogP contribution in [0.4, 0.5) is 5.69 Å². The molecule has 0 bridgehead atoms. The van der Waals surface area contributed by atoms with Gasteiger partial charge in [0, 0.05) is 13.2 Å². The van der Waals surface area contributed by atoms with Gasteiger partial charge in [0.2, 0.25) is 0 Å². The molecule has 0 radical (unpaired) electrons. The lowest BCUT2D eigenvalue weighted by molar-refractivity contribution is 0.0601. The first-order chi connectivity index (χ1) is 9.15. The number of nitrogens with one attached hydrogen (secondary N) is 1. The van der Waals surface area contributed by atoms with Crippen molar-refractivity contribution in [1.82, 2.24) is 10.2 Å². The van der Waals surface area contributed by atoms with Crippen LogP contribution in [0.3, 0.4) is 0 Å². The minimum Gasteiger partial charge on any atom is -0.465 e. The SMILES string of the molecule is COC(=O)c1ccccc1N(C)C(=O)c1ccn[nH]1. The molecule has 1 heterocycles. The highest BCUT2D eigenvalue weighted by Crippen LogP contribution is 2.21. The molecule has 98 valence electrons. The number of nitrogens with zero attached hydrogens (tertiary/aromatic N) is 2. The summed E-state index contributed by atoms with van der Waals surface area (Å²) in [4.78, 5) is 25.2. The molecule has 0 unspecified atom stereocenters. The number of H-pyrrole nitrogens is 1. The number of ether oxygens (including phenoxy) is 1. The van der Waals surface area contributed by atoms with Crippen LogP contribution in [0, 0.1) is 0 Å². The molecule has 1 amide bonds. The number of methoxy groups -OCH3 is 1. The Labute approximate surface area is 110 Å². The Hall–Kier alpha value is -2.63. The Morgan fingerprint density at radius 3 is 2.63 bits per heavy atom. The lowest BCUT2D eigenvalue weighted by atomic mass is 10.1. The summed E-state index contributed by atoms with van der Waals surface area (Å²) >= 11 is 0. The van der Waals surface area contributed by atoms with Gasteiger partial charge in [-0.1, -0.05) is 12.1 Å². The Balaban J connectivity index is 2.36. The summed E-state index contributed by atoms with van der Waals surface area (Å²) in [6.07, 6.45) is 1.49. The van der Waals surface area contributed by atoms with Crippen LogP contribution in [0.5, 0.6) is 0 Å². The highest BCUT2D eigenvalue weighted by atomic mass is 16.5. The van der Waals surface area contributed by atoms with E-state index in [4.69, 9.17) is 4.74 Å². The minimum absolute atomic E-state index is 0.283. The number of para-hydroxylation sites is 1. The molecule has 0 aliphatic heterocycles. The summed E-state index contributed by atoms with van der Waals surface area (Å²) in [5.74, 6) is -0.770. The van der Waals surface area contributed by atoms with Crippen molar-refractivity contribution < 1.29 is 14.3 Å². The summed E-state index contributed by atoms with van der Waals surface area (Å²) in [6, 6.07) is 8.32. The normalized spacial score (nSPS) is 10.0. The predicted octanol–water partition coefficient (Wildman–Crippen LogP) is 1.47. The van der Waals surface area contributed by atoms with Crippen LogP contribution in [0.25, 0.3) is 0 Å². The van der Waals surface area contributed by atoms with Crippen molar-refractivity contribution in [2.75, 3.05) is 19.1 Å². The highest BCUT2D eigenvalue weighted by molar-refractivity contribution is 6.08. The van der Waals surface area contributed by atoms with E-state index in [0.29, 0.717) is 16.9 Å². The summed E-state index contributed by atoms with van der Waals surface area (Å²) < 4.78 is 4.70. The van der Waals surface area contributed by atoms with Gasteiger partial charge in [0.25, 0.3) is 5.91 Å². The standard InChI is InChI=1S/C13H13N3O3/c1-16(12(17)10-7-8-14-15-10)11-6-4-3-5-9(11)13(18)19-2/h3-8H,1-2H3,(H,14,15). The molecule has 0 saturated carbocycles. The van der Waals surface area contributed by atoms with E-state index in [1.807, 2.05) is 0 Å². The lowest BCUT2D eigenvalue weighted by Crippen LogP contribution is -2.28. The maximum atomic E-state index is 12.2. The third-order valence-electron chi connectivity index (χ3n) is 2.71. The van der Waals surface area contributed by atoms with Crippen molar-refractivity contribution in [1.29, 1.82) is 0 Å². The zero-order chi connectivity index (χ0) is 13.8. The van der Waals surface area contributed by atoms with Crippen molar-refractivity contribution in [3.63, 3.8) is 0 Å². The Bertz CT molecular complexity index is 593. The summed E-state index contributed by atoms with van der Waals surface area (Å²) in [6.45, 7) is 0. The second kappa shape index (κ2) is 5.34. The van der Waals surface area contributed by atoms with Crippen molar-refractivity contribution in [3.8, 4) is 0 Å². The van der Waals surface area contributed by atoms with Crippen molar-refractivity contribution in [2.45, 2.75) is 0 Å². The minimum atomic E-state index is -0.486. The van der Waals surface area contributed by atoms with Gasteiger partial charge in [-0.05, 0) is 18.2 Å². The zero-order valence-corrected chi connectivity index (χ0v) is 10.6. The molecule has 0 atom stereocenters. The Morgan fingerprint density at radius 1 is 1.26 bits per heavy atom. The van der Waals surface area contributed by atoms with Crippen molar-refractivity contribution >= 4 is 17.6 Å². The van der Waals surface area contributed by atoms with E-state index in [1.165, 1.54) is 18.2 Å². The molecular weight excluding hydrogens is 246 g/mol. The number of amides is 1. The molecule has 0 fully saturated rings. The number of anilines is 1. The molecule has 1 N–H and O–H groups in total. The number of hydrogen-bond acceptors (Lipinski definition) is 4. The van der Waals surface area contributed by atoms with Crippen LogP contribution < -0.4 is 4.90 Å². The van der Waals surface area contributed by atoms with Gasteiger partial charge in [-0.3, -0.25) is 9.89 Å². The van der Waals surface area contributed by atoms with E-state index in [1.54, 1.807) is 37.4 Å². The highest BCUT2D eigenvalue weighted by Gasteiger charge is 2.20. The average Bonchev–Trinajstić information content (AvgIpc) is 2.99. The second-order valence-corrected chi connectivity index (χ2v) is 3.84. The van der Waals surface area contributed by atoms with E-state index in [9.17, 15) is 9.59 Å². The number of benzene rings is 1. The molecule has 6 heteroatoms. The fourth-order valence-corrected chi connectivity index (χ4v) is 1.71. The third kappa shape index (κ3) is 2.47. The molecule has 0 aliphatic carbocycles. The van der Waals surface area contributed by atoms with E-state index in [0.717, 1.165) is 0 Å². The van der Waals surface area contributed by atoms with Gasteiger partial charge < -0.3 is 9.64 Å². The van der Waals surface area contributed by atoms with Crippen molar-refractivity contribution in [3.05, 3.63) is 47.8 Å².